The summed E-state index contributed by atoms with van der Waals surface area (Å²) in [5.41, 5.74) is 0. The molecule has 4 heteroatoms. The van der Waals surface area contributed by atoms with Crippen molar-refractivity contribution in [1.29, 1.82) is 0 Å². The third kappa shape index (κ3) is 5.99. The highest BCUT2D eigenvalue weighted by Gasteiger charge is 1.98. The van der Waals surface area contributed by atoms with Gasteiger partial charge in [-0.1, -0.05) is 6.08 Å². The van der Waals surface area contributed by atoms with E-state index in [2.05, 4.69) is 23.1 Å². The van der Waals surface area contributed by atoms with Gasteiger partial charge < -0.3 is 9.67 Å². The van der Waals surface area contributed by atoms with Crippen LogP contribution < -0.4 is 0 Å². The normalized spacial score (nSPS) is 11.0. The monoisotopic (exact) mass is 196 g/mol. The number of aliphatic carboxylic acids is 1. The van der Waals surface area contributed by atoms with Gasteiger partial charge in [0.15, 0.2) is 0 Å². The van der Waals surface area contributed by atoms with Crippen LogP contribution in [-0.2, 0) is 4.79 Å². The summed E-state index contributed by atoms with van der Waals surface area (Å²) in [6.45, 7) is 6.90. The number of carboxylic acid groups (broad SMARTS) is 1. The molecule has 14 heavy (non-hydrogen) atoms. The van der Waals surface area contributed by atoms with Crippen LogP contribution in [0.4, 0.5) is 0 Å². The minimum absolute atomic E-state index is 0.486. The Hall–Kier alpha value is -1.58. The molecule has 0 amide bonds. The summed E-state index contributed by atoms with van der Waals surface area (Å²) in [5.74, 6) is -0.833. The van der Waals surface area contributed by atoms with Crippen molar-refractivity contribution < 1.29 is 9.90 Å². The van der Waals surface area contributed by atoms with Crippen LogP contribution in [0.15, 0.2) is 31.4 Å². The second kappa shape index (κ2) is 6.88. The van der Waals surface area contributed by atoms with Gasteiger partial charge in [0.05, 0.1) is 6.33 Å². The lowest BCUT2D eigenvalue weighted by Crippen LogP contribution is -1.99. The number of rotatable bonds is 3. The standard InChI is InChI=1S/C8H12N2.C2H4O2/c1-3-4-8(2)10-6-5-9-7-10;1-2(3)4/h3,5-8H,1,4H2,2H3;1H3,(H,3,4). The van der Waals surface area contributed by atoms with Gasteiger partial charge in [-0.15, -0.1) is 6.58 Å². The summed E-state index contributed by atoms with van der Waals surface area (Å²) < 4.78 is 2.07. The second-order valence-electron chi connectivity index (χ2n) is 2.90. The average Bonchev–Trinajstić information content (AvgIpc) is 2.55. The molecule has 0 aromatic carbocycles. The van der Waals surface area contributed by atoms with Gasteiger partial charge in [-0.05, 0) is 13.3 Å². The Morgan fingerprint density at radius 3 is 2.71 bits per heavy atom. The lowest BCUT2D eigenvalue weighted by atomic mass is 10.2. The molecule has 0 saturated carbocycles. The maximum atomic E-state index is 9.00. The summed E-state index contributed by atoms with van der Waals surface area (Å²) in [6.07, 6.45) is 8.50. The van der Waals surface area contributed by atoms with E-state index in [9.17, 15) is 0 Å². The van der Waals surface area contributed by atoms with Crippen LogP contribution in [0.25, 0.3) is 0 Å². The Morgan fingerprint density at radius 2 is 2.36 bits per heavy atom. The van der Waals surface area contributed by atoms with Gasteiger partial charge in [-0.25, -0.2) is 4.98 Å². The Kier molecular flexibility index (Phi) is 6.11. The number of carboxylic acids is 1. The van der Waals surface area contributed by atoms with Crippen LogP contribution in [0.3, 0.4) is 0 Å². The van der Waals surface area contributed by atoms with E-state index < -0.39 is 5.97 Å². The molecule has 0 spiro atoms. The predicted molar refractivity (Wildman–Crippen MR) is 55.1 cm³/mol. The van der Waals surface area contributed by atoms with Gasteiger partial charge in [0.1, 0.15) is 0 Å². The van der Waals surface area contributed by atoms with Crippen LogP contribution in [0, 0.1) is 0 Å². The molecule has 0 aliphatic heterocycles. The lowest BCUT2D eigenvalue weighted by molar-refractivity contribution is -0.134. The molecule has 0 fully saturated rings. The molecule has 0 aliphatic carbocycles. The molecule has 1 heterocycles. The van der Waals surface area contributed by atoms with Gasteiger partial charge in [0, 0.05) is 25.4 Å². The zero-order valence-electron chi connectivity index (χ0n) is 8.55. The van der Waals surface area contributed by atoms with Crippen molar-refractivity contribution in [2.45, 2.75) is 26.3 Å². The summed E-state index contributed by atoms with van der Waals surface area (Å²) in [6, 6.07) is 0.486. The largest absolute Gasteiger partial charge is 0.481 e. The molecule has 78 valence electrons. The number of carbonyl (C=O) groups is 1. The maximum Gasteiger partial charge on any atom is 0.300 e. The van der Waals surface area contributed by atoms with Crippen molar-refractivity contribution >= 4 is 5.97 Å². The van der Waals surface area contributed by atoms with Crippen LogP contribution in [-0.4, -0.2) is 20.6 Å². The van der Waals surface area contributed by atoms with E-state index in [1.165, 1.54) is 0 Å². The first kappa shape index (κ1) is 12.4. The first-order valence-corrected chi connectivity index (χ1v) is 4.35. The first-order chi connectivity index (χ1) is 6.57. The molecule has 0 radical (unpaired) electrons. The highest BCUT2D eigenvalue weighted by Crippen LogP contribution is 2.08. The SMILES string of the molecule is C=CCC(C)n1ccnc1.CC(=O)O. The van der Waals surface area contributed by atoms with Gasteiger partial charge in [-0.3, -0.25) is 4.79 Å². The average molecular weight is 196 g/mol. The third-order valence-electron chi connectivity index (χ3n) is 1.54. The second-order valence-corrected chi connectivity index (χ2v) is 2.90. The smallest absolute Gasteiger partial charge is 0.300 e. The van der Waals surface area contributed by atoms with Crippen LogP contribution >= 0.6 is 0 Å². The van der Waals surface area contributed by atoms with Crippen molar-refractivity contribution in [2.24, 2.45) is 0 Å². The molecule has 1 rings (SSSR count). The summed E-state index contributed by atoms with van der Waals surface area (Å²) in [7, 11) is 0. The quantitative estimate of drug-likeness (QED) is 0.753. The highest BCUT2D eigenvalue weighted by atomic mass is 16.4. The minimum Gasteiger partial charge on any atom is -0.481 e. The number of allylic oxidation sites excluding steroid dienone is 1. The molecule has 0 aliphatic rings. The Morgan fingerprint density at radius 1 is 1.79 bits per heavy atom. The Balaban J connectivity index is 0.000000364. The molecule has 1 atom stereocenters. The van der Waals surface area contributed by atoms with Crippen LogP contribution in [0.2, 0.25) is 0 Å². The molecule has 0 saturated heterocycles. The first-order valence-electron chi connectivity index (χ1n) is 4.35. The van der Waals surface area contributed by atoms with Gasteiger partial charge >= 0.3 is 0 Å². The Labute approximate surface area is 83.9 Å². The number of nitrogens with zero attached hydrogens (tertiary/aromatic N) is 2. The van der Waals surface area contributed by atoms with E-state index in [0.29, 0.717) is 6.04 Å². The fourth-order valence-corrected chi connectivity index (χ4v) is 0.893. The van der Waals surface area contributed by atoms with Gasteiger partial charge in [-0.2, -0.15) is 0 Å². The van der Waals surface area contributed by atoms with Gasteiger partial charge in [0.25, 0.3) is 5.97 Å². The highest BCUT2D eigenvalue weighted by molar-refractivity contribution is 5.62. The van der Waals surface area contributed by atoms with E-state index in [0.717, 1.165) is 13.3 Å². The van der Waals surface area contributed by atoms with E-state index >= 15 is 0 Å². The molecule has 4 nitrogen and oxygen atoms in total. The summed E-state index contributed by atoms with van der Waals surface area (Å²) >= 11 is 0. The predicted octanol–water partition coefficient (Wildman–Crippen LogP) is 2.11. The number of hydrogen-bond acceptors (Lipinski definition) is 2. The lowest BCUT2D eigenvalue weighted by Gasteiger charge is -2.08. The van der Waals surface area contributed by atoms with Crippen molar-refractivity contribution in [3.05, 3.63) is 31.4 Å². The molecule has 1 unspecified atom stereocenters. The van der Waals surface area contributed by atoms with E-state index in [-0.39, 0.29) is 0 Å². The molecular formula is C10H16N2O2. The zero-order valence-corrected chi connectivity index (χ0v) is 8.55. The molecular weight excluding hydrogens is 180 g/mol. The van der Waals surface area contributed by atoms with Crippen LogP contribution in [0.5, 0.6) is 0 Å². The van der Waals surface area contributed by atoms with E-state index in [4.69, 9.17) is 9.90 Å². The molecule has 1 N–H and O–H groups in total. The fourth-order valence-electron chi connectivity index (χ4n) is 0.893. The summed E-state index contributed by atoms with van der Waals surface area (Å²) in [4.78, 5) is 13.0. The van der Waals surface area contributed by atoms with E-state index in [1.807, 2.05) is 18.6 Å². The van der Waals surface area contributed by atoms with Crippen molar-refractivity contribution in [1.82, 2.24) is 9.55 Å². The van der Waals surface area contributed by atoms with Crippen LogP contribution in [0.1, 0.15) is 26.3 Å². The molecule has 0 bridgehead atoms. The van der Waals surface area contributed by atoms with Crippen molar-refractivity contribution in [3.8, 4) is 0 Å². The molecule has 1 aromatic heterocycles. The topological polar surface area (TPSA) is 55.1 Å². The minimum atomic E-state index is -0.833. The number of imidazole rings is 1. The third-order valence-corrected chi connectivity index (χ3v) is 1.54. The van der Waals surface area contributed by atoms with E-state index in [1.54, 1.807) is 6.20 Å². The summed E-state index contributed by atoms with van der Waals surface area (Å²) in [5, 5.41) is 7.42. The number of aromatic nitrogens is 2. The fraction of sp³-hybridized carbons (Fsp3) is 0.400. The van der Waals surface area contributed by atoms with Gasteiger partial charge in [0.2, 0.25) is 0 Å². The van der Waals surface area contributed by atoms with Crippen molar-refractivity contribution in [2.75, 3.05) is 0 Å². The zero-order chi connectivity index (χ0) is 11.0. The Bertz CT molecular complexity index is 264. The number of hydrogen-bond donors (Lipinski definition) is 1. The maximum absolute atomic E-state index is 9.00. The molecule has 1 aromatic rings. The van der Waals surface area contributed by atoms with Crippen molar-refractivity contribution in [3.63, 3.8) is 0 Å².